The minimum absolute atomic E-state index is 0.149. The van der Waals surface area contributed by atoms with E-state index in [0.29, 0.717) is 11.1 Å². The number of piperidine rings is 1. The molecule has 3 rings (SSSR count). The van der Waals surface area contributed by atoms with Crippen LogP contribution in [-0.2, 0) is 9.53 Å². The normalized spacial score (nSPS) is 22.1. The van der Waals surface area contributed by atoms with Crippen molar-refractivity contribution in [3.63, 3.8) is 0 Å². The molecule has 6 heteroatoms. The Morgan fingerprint density at radius 2 is 2.09 bits per heavy atom. The molecular formula is C17H24ClN3O2. The highest BCUT2D eigenvalue weighted by Crippen LogP contribution is 2.40. The molecule has 2 aliphatic rings. The molecule has 2 fully saturated rings. The number of nitrogens with zero attached hydrogens (tertiary/aromatic N) is 3. The maximum absolute atomic E-state index is 12.1. The Morgan fingerprint density at radius 3 is 2.74 bits per heavy atom. The van der Waals surface area contributed by atoms with Crippen molar-refractivity contribution in [2.45, 2.75) is 45.4 Å². The van der Waals surface area contributed by atoms with Gasteiger partial charge in [0.25, 0.3) is 0 Å². The van der Waals surface area contributed by atoms with Gasteiger partial charge in [0, 0.05) is 25.1 Å². The predicted octanol–water partition coefficient (Wildman–Crippen LogP) is 3.42. The highest BCUT2D eigenvalue weighted by Gasteiger charge is 2.40. The van der Waals surface area contributed by atoms with Crippen molar-refractivity contribution in [1.29, 1.82) is 0 Å². The van der Waals surface area contributed by atoms with Gasteiger partial charge in [-0.15, -0.1) is 0 Å². The lowest BCUT2D eigenvalue weighted by Gasteiger charge is -2.40. The largest absolute Gasteiger partial charge is 0.469 e. The fourth-order valence-electron chi connectivity index (χ4n) is 3.31. The number of ether oxygens (including phenoxy) is 1. The molecule has 1 aromatic rings. The number of hydrogen-bond donors (Lipinski definition) is 0. The minimum atomic E-state index is -0.496. The van der Waals surface area contributed by atoms with Gasteiger partial charge in [-0.25, -0.2) is 9.97 Å². The highest BCUT2D eigenvalue weighted by atomic mass is 35.5. The molecule has 0 amide bonds. The van der Waals surface area contributed by atoms with Crippen LogP contribution in [0, 0.1) is 11.3 Å². The first-order chi connectivity index (χ1) is 10.9. The molecule has 5 nitrogen and oxygen atoms in total. The Morgan fingerprint density at radius 1 is 1.35 bits per heavy atom. The van der Waals surface area contributed by atoms with Crippen LogP contribution in [0.1, 0.15) is 51.3 Å². The summed E-state index contributed by atoms with van der Waals surface area (Å²) in [5.41, 5.74) is -0.496. The van der Waals surface area contributed by atoms with Crippen LogP contribution in [-0.4, -0.2) is 36.1 Å². The summed E-state index contributed by atoms with van der Waals surface area (Å²) in [5, 5.41) is 0.506. The van der Waals surface area contributed by atoms with Crippen molar-refractivity contribution in [2.24, 2.45) is 11.3 Å². The van der Waals surface area contributed by atoms with Crippen LogP contribution in [0.2, 0.25) is 5.15 Å². The van der Waals surface area contributed by atoms with Gasteiger partial charge in [-0.05, 0) is 45.4 Å². The zero-order valence-electron chi connectivity index (χ0n) is 14.0. The lowest BCUT2D eigenvalue weighted by Crippen LogP contribution is -2.45. The van der Waals surface area contributed by atoms with E-state index in [1.807, 2.05) is 19.9 Å². The van der Waals surface area contributed by atoms with E-state index in [0.717, 1.165) is 50.4 Å². The Labute approximate surface area is 142 Å². The fourth-order valence-corrected chi connectivity index (χ4v) is 3.50. The summed E-state index contributed by atoms with van der Waals surface area (Å²) in [7, 11) is 1.46. The number of carbonyl (C=O) groups is 1. The number of esters is 1. The monoisotopic (exact) mass is 337 g/mol. The minimum Gasteiger partial charge on any atom is -0.469 e. The fraction of sp³-hybridized carbons (Fsp3) is 0.706. The van der Waals surface area contributed by atoms with E-state index in [2.05, 4.69) is 9.88 Å². The number of aromatic nitrogens is 2. The van der Waals surface area contributed by atoms with Crippen LogP contribution in [0.25, 0.3) is 0 Å². The molecule has 126 valence electrons. The van der Waals surface area contributed by atoms with E-state index < -0.39 is 5.41 Å². The van der Waals surface area contributed by atoms with Gasteiger partial charge in [-0.1, -0.05) is 11.6 Å². The quantitative estimate of drug-likeness (QED) is 0.622. The van der Waals surface area contributed by atoms with E-state index in [4.69, 9.17) is 21.3 Å². The summed E-state index contributed by atoms with van der Waals surface area (Å²) in [6.07, 6.45) is 4.36. The summed E-state index contributed by atoms with van der Waals surface area (Å²) < 4.78 is 4.98. The van der Waals surface area contributed by atoms with Crippen molar-refractivity contribution in [3.8, 4) is 0 Å². The average Bonchev–Trinajstić information content (AvgIpc) is 3.38. The standard InChI is InChI=1S/C17H24ClN3O2/c1-17(2,16(22)23-3)12-5-4-8-21(10-12)14-9-13(18)19-15(20-14)11-6-7-11/h9,11-12H,4-8,10H2,1-3H3. The second-order valence-electron chi connectivity index (χ2n) is 7.18. The van der Waals surface area contributed by atoms with E-state index in [1.165, 1.54) is 7.11 Å². The SMILES string of the molecule is COC(=O)C(C)(C)C1CCCN(c2cc(Cl)nc(C3CC3)n2)C1. The third-order valence-corrected chi connectivity index (χ3v) is 5.31. The molecule has 1 aromatic heterocycles. The first-order valence-electron chi connectivity index (χ1n) is 8.29. The molecule has 0 N–H and O–H groups in total. The molecular weight excluding hydrogens is 314 g/mol. The predicted molar refractivity (Wildman–Crippen MR) is 89.8 cm³/mol. The van der Waals surface area contributed by atoms with Gasteiger partial charge < -0.3 is 9.64 Å². The number of rotatable bonds is 4. The van der Waals surface area contributed by atoms with Crippen molar-refractivity contribution >= 4 is 23.4 Å². The van der Waals surface area contributed by atoms with Crippen LogP contribution >= 0.6 is 11.6 Å². The Balaban J connectivity index is 1.80. The van der Waals surface area contributed by atoms with Crippen molar-refractivity contribution in [3.05, 3.63) is 17.0 Å². The maximum atomic E-state index is 12.1. The highest BCUT2D eigenvalue weighted by molar-refractivity contribution is 6.29. The van der Waals surface area contributed by atoms with Crippen molar-refractivity contribution in [1.82, 2.24) is 9.97 Å². The van der Waals surface area contributed by atoms with E-state index in [9.17, 15) is 4.79 Å². The number of hydrogen-bond acceptors (Lipinski definition) is 5. The second kappa shape index (κ2) is 6.27. The van der Waals surface area contributed by atoms with Gasteiger partial charge in [-0.3, -0.25) is 4.79 Å². The lowest BCUT2D eigenvalue weighted by atomic mass is 9.74. The first kappa shape index (κ1) is 16.5. The van der Waals surface area contributed by atoms with Gasteiger partial charge in [-0.2, -0.15) is 0 Å². The molecule has 1 aliphatic heterocycles. The van der Waals surface area contributed by atoms with E-state index in [1.54, 1.807) is 0 Å². The molecule has 2 heterocycles. The molecule has 1 atom stereocenters. The van der Waals surface area contributed by atoms with Crippen LogP contribution in [0.4, 0.5) is 5.82 Å². The summed E-state index contributed by atoms with van der Waals surface area (Å²) in [6, 6.07) is 1.83. The van der Waals surface area contributed by atoms with Crippen molar-refractivity contribution in [2.75, 3.05) is 25.1 Å². The maximum Gasteiger partial charge on any atom is 0.311 e. The zero-order chi connectivity index (χ0) is 16.6. The van der Waals surface area contributed by atoms with Crippen molar-refractivity contribution < 1.29 is 9.53 Å². The van der Waals surface area contributed by atoms with E-state index in [-0.39, 0.29) is 11.9 Å². The van der Waals surface area contributed by atoms with Crippen LogP contribution in [0.3, 0.4) is 0 Å². The van der Waals surface area contributed by atoms with Gasteiger partial charge >= 0.3 is 5.97 Å². The van der Waals surface area contributed by atoms with Gasteiger partial charge in [0.1, 0.15) is 16.8 Å². The molecule has 0 bridgehead atoms. The van der Waals surface area contributed by atoms with Gasteiger partial charge in [0.2, 0.25) is 0 Å². The Kier molecular flexibility index (Phi) is 4.50. The molecule has 0 radical (unpaired) electrons. The summed E-state index contributed by atoms with van der Waals surface area (Å²) in [4.78, 5) is 23.4. The van der Waals surface area contributed by atoms with Crippen LogP contribution in [0.15, 0.2) is 6.07 Å². The number of halogens is 1. The van der Waals surface area contributed by atoms with Crippen LogP contribution in [0.5, 0.6) is 0 Å². The lowest BCUT2D eigenvalue weighted by molar-refractivity contribution is -0.154. The zero-order valence-corrected chi connectivity index (χ0v) is 14.8. The topological polar surface area (TPSA) is 55.3 Å². The van der Waals surface area contributed by atoms with Gasteiger partial charge in [0.15, 0.2) is 0 Å². The number of carbonyl (C=O) groups excluding carboxylic acids is 1. The van der Waals surface area contributed by atoms with Crippen LogP contribution < -0.4 is 4.90 Å². The summed E-state index contributed by atoms with van der Waals surface area (Å²) in [5.74, 6) is 2.31. The average molecular weight is 338 g/mol. The first-order valence-corrected chi connectivity index (χ1v) is 8.67. The van der Waals surface area contributed by atoms with Gasteiger partial charge in [0.05, 0.1) is 12.5 Å². The second-order valence-corrected chi connectivity index (χ2v) is 7.57. The summed E-state index contributed by atoms with van der Waals surface area (Å²) in [6.45, 7) is 5.66. The molecule has 1 aliphatic carbocycles. The smallest absolute Gasteiger partial charge is 0.311 e. The molecule has 23 heavy (non-hydrogen) atoms. The third kappa shape index (κ3) is 3.44. The number of methoxy groups -OCH3 is 1. The third-order valence-electron chi connectivity index (χ3n) is 5.12. The van der Waals surface area contributed by atoms with E-state index >= 15 is 0 Å². The molecule has 1 saturated heterocycles. The Bertz CT molecular complexity index is 602. The molecule has 0 spiro atoms. The summed E-state index contributed by atoms with van der Waals surface area (Å²) >= 11 is 6.19. The molecule has 1 unspecified atom stereocenters. The number of anilines is 1. The molecule has 0 aromatic carbocycles. The molecule has 1 saturated carbocycles. The Hall–Kier alpha value is -1.36.